The highest BCUT2D eigenvalue weighted by Crippen LogP contribution is 2.35. The number of methoxy groups -OCH3 is 2. The summed E-state index contributed by atoms with van der Waals surface area (Å²) in [6.07, 6.45) is 1.12. The van der Waals surface area contributed by atoms with Gasteiger partial charge in [-0.05, 0) is 30.7 Å². The number of rotatable bonds is 6. The van der Waals surface area contributed by atoms with Crippen molar-refractivity contribution < 1.29 is 22.7 Å². The second kappa shape index (κ2) is 7.82. The predicted molar refractivity (Wildman–Crippen MR) is 107 cm³/mol. The van der Waals surface area contributed by atoms with Gasteiger partial charge in [0.2, 0.25) is 5.88 Å². The summed E-state index contributed by atoms with van der Waals surface area (Å²) in [6.45, 7) is 2.02. The molecule has 3 rings (SSSR count). The van der Waals surface area contributed by atoms with Gasteiger partial charge >= 0.3 is 0 Å². The van der Waals surface area contributed by atoms with Crippen molar-refractivity contribution in [3.8, 4) is 5.88 Å². The van der Waals surface area contributed by atoms with Crippen LogP contribution in [-0.4, -0.2) is 44.8 Å². The van der Waals surface area contributed by atoms with Crippen LogP contribution in [0, 0.1) is 6.92 Å². The van der Waals surface area contributed by atoms with E-state index >= 15 is 0 Å². The van der Waals surface area contributed by atoms with Crippen LogP contribution in [0.15, 0.2) is 29.2 Å². The van der Waals surface area contributed by atoms with Gasteiger partial charge in [-0.3, -0.25) is 4.79 Å². The summed E-state index contributed by atoms with van der Waals surface area (Å²) in [7, 11) is -0.318. The molecule has 0 atom stereocenters. The number of carbonyl (C=O) groups is 1. The summed E-state index contributed by atoms with van der Waals surface area (Å²) in [5.41, 5.74) is 1.08. The summed E-state index contributed by atoms with van der Waals surface area (Å²) < 4.78 is 33.9. The monoisotopic (exact) mass is 421 g/mol. The SMILES string of the molecule is COCc1nc(OC)c2c(C)c(C(=O)Nc3cccc(S(C)(=O)=O)c3)sc2n1. The van der Waals surface area contributed by atoms with E-state index in [0.717, 1.165) is 6.26 Å². The van der Waals surface area contributed by atoms with Crippen molar-refractivity contribution in [3.05, 3.63) is 40.5 Å². The van der Waals surface area contributed by atoms with Crippen LogP contribution in [0.2, 0.25) is 0 Å². The fraction of sp³-hybridized carbons (Fsp3) is 0.278. The molecule has 0 saturated carbocycles. The van der Waals surface area contributed by atoms with Gasteiger partial charge in [-0.15, -0.1) is 11.3 Å². The fourth-order valence-corrected chi connectivity index (χ4v) is 4.45. The summed E-state index contributed by atoms with van der Waals surface area (Å²) in [5.74, 6) is 0.478. The first kappa shape index (κ1) is 20.2. The molecule has 2 heterocycles. The molecule has 0 saturated heterocycles. The minimum atomic E-state index is -3.37. The van der Waals surface area contributed by atoms with Crippen LogP contribution in [-0.2, 0) is 21.2 Å². The van der Waals surface area contributed by atoms with Crippen molar-refractivity contribution in [2.24, 2.45) is 0 Å². The van der Waals surface area contributed by atoms with E-state index in [0.29, 0.717) is 38.0 Å². The normalized spacial score (nSPS) is 11.6. The maximum Gasteiger partial charge on any atom is 0.266 e. The summed E-state index contributed by atoms with van der Waals surface area (Å²) >= 11 is 1.21. The van der Waals surface area contributed by atoms with Gasteiger partial charge in [-0.25, -0.2) is 13.4 Å². The van der Waals surface area contributed by atoms with Crippen LogP contribution in [0.5, 0.6) is 5.88 Å². The lowest BCUT2D eigenvalue weighted by atomic mass is 10.2. The van der Waals surface area contributed by atoms with Crippen molar-refractivity contribution in [2.45, 2.75) is 18.4 Å². The zero-order chi connectivity index (χ0) is 20.5. The first-order valence-electron chi connectivity index (χ1n) is 8.19. The van der Waals surface area contributed by atoms with Crippen LogP contribution in [0.3, 0.4) is 0 Å². The van der Waals surface area contributed by atoms with Gasteiger partial charge in [0, 0.05) is 19.1 Å². The van der Waals surface area contributed by atoms with Gasteiger partial charge in [0.1, 0.15) is 11.4 Å². The number of nitrogens with zero attached hydrogens (tertiary/aromatic N) is 2. The Balaban J connectivity index is 1.99. The number of carbonyl (C=O) groups excluding carboxylic acids is 1. The second-order valence-electron chi connectivity index (χ2n) is 6.07. The number of hydrogen-bond acceptors (Lipinski definition) is 8. The van der Waals surface area contributed by atoms with E-state index in [1.54, 1.807) is 26.2 Å². The fourth-order valence-electron chi connectivity index (χ4n) is 2.69. The number of nitrogens with one attached hydrogen (secondary N) is 1. The molecule has 3 aromatic rings. The molecule has 0 aliphatic carbocycles. The number of benzene rings is 1. The van der Waals surface area contributed by atoms with Crippen molar-refractivity contribution in [3.63, 3.8) is 0 Å². The van der Waals surface area contributed by atoms with E-state index in [1.165, 1.54) is 30.6 Å². The Morgan fingerprint density at radius 2 is 2.00 bits per heavy atom. The second-order valence-corrected chi connectivity index (χ2v) is 9.09. The average Bonchev–Trinajstić information content (AvgIpc) is 2.98. The molecule has 0 radical (unpaired) electrons. The zero-order valence-corrected chi connectivity index (χ0v) is 17.4. The molecule has 10 heteroatoms. The third-order valence-corrected chi connectivity index (χ3v) is 6.29. The highest BCUT2D eigenvalue weighted by molar-refractivity contribution is 7.90. The van der Waals surface area contributed by atoms with Gasteiger partial charge in [0.15, 0.2) is 15.7 Å². The van der Waals surface area contributed by atoms with E-state index in [4.69, 9.17) is 9.47 Å². The van der Waals surface area contributed by atoms with Gasteiger partial charge in [0.25, 0.3) is 5.91 Å². The number of aromatic nitrogens is 2. The van der Waals surface area contributed by atoms with Crippen LogP contribution < -0.4 is 10.1 Å². The van der Waals surface area contributed by atoms with E-state index < -0.39 is 9.84 Å². The number of thiophene rings is 1. The van der Waals surface area contributed by atoms with Crippen LogP contribution in [0.4, 0.5) is 5.69 Å². The molecule has 0 bridgehead atoms. The number of hydrogen-bond donors (Lipinski definition) is 1. The molecule has 0 aliphatic heterocycles. The Hall–Kier alpha value is -2.56. The maximum absolute atomic E-state index is 12.8. The van der Waals surface area contributed by atoms with Crippen molar-refractivity contribution in [1.29, 1.82) is 0 Å². The molecular formula is C18H19N3O5S2. The Labute approximate surface area is 166 Å². The minimum Gasteiger partial charge on any atom is -0.480 e. The lowest BCUT2D eigenvalue weighted by Crippen LogP contribution is -2.12. The Kier molecular flexibility index (Phi) is 5.64. The average molecular weight is 422 g/mol. The van der Waals surface area contributed by atoms with Gasteiger partial charge in [-0.1, -0.05) is 6.07 Å². The van der Waals surface area contributed by atoms with E-state index in [-0.39, 0.29) is 17.4 Å². The smallest absolute Gasteiger partial charge is 0.266 e. The number of ether oxygens (including phenoxy) is 2. The van der Waals surface area contributed by atoms with Crippen LogP contribution in [0.25, 0.3) is 10.2 Å². The summed E-state index contributed by atoms with van der Waals surface area (Å²) in [4.78, 5) is 22.8. The molecule has 148 valence electrons. The molecule has 0 spiro atoms. The maximum atomic E-state index is 12.8. The topological polar surface area (TPSA) is 107 Å². The third kappa shape index (κ3) is 3.98. The van der Waals surface area contributed by atoms with Crippen molar-refractivity contribution in [2.75, 3.05) is 25.8 Å². The Morgan fingerprint density at radius 1 is 1.25 bits per heavy atom. The molecule has 8 nitrogen and oxygen atoms in total. The van der Waals surface area contributed by atoms with Gasteiger partial charge in [-0.2, -0.15) is 4.98 Å². The zero-order valence-electron chi connectivity index (χ0n) is 15.8. The highest BCUT2D eigenvalue weighted by atomic mass is 32.2. The Bertz CT molecular complexity index is 1160. The molecule has 0 aliphatic rings. The molecule has 1 N–H and O–H groups in total. The number of fused-ring (bicyclic) bond motifs is 1. The largest absolute Gasteiger partial charge is 0.480 e. The number of aryl methyl sites for hydroxylation is 1. The van der Waals surface area contributed by atoms with Gasteiger partial charge in [0.05, 0.1) is 22.3 Å². The number of amides is 1. The first-order chi connectivity index (χ1) is 13.2. The van der Waals surface area contributed by atoms with E-state index in [9.17, 15) is 13.2 Å². The Morgan fingerprint density at radius 3 is 2.64 bits per heavy atom. The molecule has 2 aromatic heterocycles. The predicted octanol–water partition coefficient (Wildman–Crippen LogP) is 2.81. The van der Waals surface area contributed by atoms with Gasteiger partial charge < -0.3 is 14.8 Å². The number of sulfone groups is 1. The molecular weight excluding hydrogens is 402 g/mol. The lowest BCUT2D eigenvalue weighted by molar-refractivity contribution is 0.103. The van der Waals surface area contributed by atoms with Crippen LogP contribution >= 0.6 is 11.3 Å². The van der Waals surface area contributed by atoms with Crippen molar-refractivity contribution in [1.82, 2.24) is 9.97 Å². The molecule has 1 amide bonds. The first-order valence-corrected chi connectivity index (χ1v) is 10.9. The molecule has 28 heavy (non-hydrogen) atoms. The number of anilines is 1. The molecule has 1 aromatic carbocycles. The van der Waals surface area contributed by atoms with Crippen LogP contribution in [0.1, 0.15) is 21.1 Å². The van der Waals surface area contributed by atoms with Crippen molar-refractivity contribution >= 4 is 43.0 Å². The third-order valence-electron chi connectivity index (χ3n) is 4.00. The molecule has 0 fully saturated rings. The lowest BCUT2D eigenvalue weighted by Gasteiger charge is -2.07. The highest BCUT2D eigenvalue weighted by Gasteiger charge is 2.21. The van der Waals surface area contributed by atoms with E-state index in [1.807, 2.05) is 0 Å². The molecule has 0 unspecified atom stereocenters. The summed E-state index contributed by atoms with van der Waals surface area (Å²) in [6, 6.07) is 6.11. The quantitative estimate of drug-likeness (QED) is 0.652. The summed E-state index contributed by atoms with van der Waals surface area (Å²) in [5, 5.41) is 3.41. The van der Waals surface area contributed by atoms with E-state index in [2.05, 4.69) is 15.3 Å². The standard InChI is InChI=1S/C18H19N3O5S2/c1-10-14-17(26-3)20-13(9-25-2)21-18(14)27-15(10)16(22)19-11-6-5-7-12(8-11)28(4,23)24/h5-8H,9H2,1-4H3,(H,19,22). The minimum absolute atomic E-state index is 0.134.